The van der Waals surface area contributed by atoms with Gasteiger partial charge >= 0.3 is 6.18 Å². The van der Waals surface area contributed by atoms with Crippen LogP contribution in [0.2, 0.25) is 0 Å². The molecule has 0 bridgehead atoms. The molecule has 3 aliphatic rings. The maximum atomic E-state index is 15.4. The molecule has 8 aromatic carbocycles. The monoisotopic (exact) mass is 1900 g/mol. The summed E-state index contributed by atoms with van der Waals surface area (Å²) >= 11 is 0. The van der Waals surface area contributed by atoms with Crippen molar-refractivity contribution in [1.82, 2.24) is 44.7 Å². The first kappa shape index (κ1) is 101. The molecule has 27 nitrogen and oxygen atoms in total. The molecule has 11 aromatic rings. The maximum absolute atomic E-state index is 15.4. The molecule has 37 heteroatoms. The fourth-order valence-electron chi connectivity index (χ4n) is 16.5. The van der Waals surface area contributed by atoms with Crippen molar-refractivity contribution in [1.29, 1.82) is 0 Å². The van der Waals surface area contributed by atoms with Crippen LogP contribution in [0, 0.1) is 48.8 Å². The standard InChI is InChI=1S/C37H36F2N6O6S.C31H32F5N3O4.C31H35F2N3O5/c1-22(46)32(16-23-8-13-28(29-19-44(2)15-14-27(23)29)35-33(50-3)6-5-7-34(35)51-4)42-37(47)36-30(38)17-24(18-31(36)39)43-52(48,49)26-11-9-25(10-12-26)45-21-40-20-41-45;1-15(2)37-19-13-23(32)27(24(33)14-19)29(41)38-25(17(4)40)12-18-8-9-21(28-20(18)7-6-10-43-28)26-22(31(34,35)36)11-16(3)39(5)30(26)42;1-7-16(2)34-20-12-24(32)29(25(33)13-20)30(38)35-26(18(4)37)11-19-8-9-21(23-15-41-14-22(19)23)28-27(40-6)10-17(3)36(5)31(28)39/h5-13,17-18,20-21,32,43H,14-16,19H2,1-4H3,(H,42,47);8-9,11,13-15,25,37H,6-7,10,12H2,1-5H3,(H,38,41);8-10,12-13,16,26,34H,7,11,14-15H2,1-6H3,(H,35,38)/t;25-;16-,26-/m.00/s1. The highest BCUT2D eigenvalue weighted by Gasteiger charge is 2.40. The number of hydrogen-bond donors (Lipinski definition) is 6. The number of anilines is 3. The van der Waals surface area contributed by atoms with Crippen LogP contribution in [-0.2, 0) is 101 Å². The number of halogens is 9. The summed E-state index contributed by atoms with van der Waals surface area (Å²) < 4.78 is 193. The predicted molar refractivity (Wildman–Crippen MR) is 493 cm³/mol. The van der Waals surface area contributed by atoms with Crippen LogP contribution < -0.4 is 61.4 Å². The number of fused-ring (bicyclic) bond motifs is 3. The number of nitrogens with zero attached hydrogens (tertiary/aromatic N) is 6. The maximum Gasteiger partial charge on any atom is 0.417 e. The Bertz CT molecular complexity index is 6620. The summed E-state index contributed by atoms with van der Waals surface area (Å²) in [5.74, 6) is -9.69. The minimum atomic E-state index is -4.81. The summed E-state index contributed by atoms with van der Waals surface area (Å²) in [6.45, 7) is 16.5. The Morgan fingerprint density at radius 2 is 0.985 bits per heavy atom. The molecule has 0 fully saturated rings. The van der Waals surface area contributed by atoms with Crippen LogP contribution in [0.1, 0.15) is 154 Å². The van der Waals surface area contributed by atoms with E-state index in [0.29, 0.717) is 83.1 Å². The minimum Gasteiger partial charge on any atom is -0.496 e. The smallest absolute Gasteiger partial charge is 0.417 e. The Hall–Kier alpha value is -13.9. The molecular weight excluding hydrogens is 1800 g/mol. The Labute approximate surface area is 778 Å². The molecule has 0 aliphatic carbocycles. The van der Waals surface area contributed by atoms with Crippen LogP contribution in [0.4, 0.5) is 56.6 Å². The Kier molecular flexibility index (Phi) is 31.8. The van der Waals surface area contributed by atoms with Crippen LogP contribution in [0.5, 0.6) is 23.0 Å². The number of sulfonamides is 1. The van der Waals surface area contributed by atoms with E-state index >= 15 is 8.78 Å². The molecule has 14 rings (SSSR count). The number of amides is 3. The highest BCUT2D eigenvalue weighted by atomic mass is 32.2. The van der Waals surface area contributed by atoms with Gasteiger partial charge in [-0.1, -0.05) is 49.4 Å². The molecule has 0 radical (unpaired) electrons. The second-order valence-corrected chi connectivity index (χ2v) is 35.4. The molecule has 136 heavy (non-hydrogen) atoms. The van der Waals surface area contributed by atoms with Gasteiger partial charge in [0.25, 0.3) is 38.9 Å². The second kappa shape index (κ2) is 42.7. The van der Waals surface area contributed by atoms with Crippen molar-refractivity contribution >= 4 is 62.2 Å². The number of Topliss-reactive ketones (excluding diaryl/α,β-unsaturated/α-hetero) is 3. The minimum absolute atomic E-state index is 0.0113. The lowest BCUT2D eigenvalue weighted by Gasteiger charge is -2.30. The summed E-state index contributed by atoms with van der Waals surface area (Å²) in [4.78, 5) is 109. The topological polar surface area (TPSA) is 333 Å². The summed E-state index contributed by atoms with van der Waals surface area (Å²) in [6, 6.07) is 26.0. The van der Waals surface area contributed by atoms with Gasteiger partial charge in [0.2, 0.25) is 0 Å². The Morgan fingerprint density at radius 1 is 0.529 bits per heavy atom. The van der Waals surface area contributed by atoms with E-state index in [1.165, 1.54) is 95.6 Å². The van der Waals surface area contributed by atoms with Gasteiger partial charge in [-0.2, -0.15) is 18.3 Å². The number of aryl methyl sites for hydroxylation is 2. The quantitative estimate of drug-likeness (QED) is 0.0228. The van der Waals surface area contributed by atoms with Crippen molar-refractivity contribution in [3.8, 4) is 62.1 Å². The van der Waals surface area contributed by atoms with Gasteiger partial charge in [-0.25, -0.2) is 44.4 Å². The lowest BCUT2D eigenvalue weighted by atomic mass is 9.85. The highest BCUT2D eigenvalue weighted by Crippen LogP contribution is 2.46. The summed E-state index contributed by atoms with van der Waals surface area (Å²) in [6.07, 6.45) is 0.283. The number of ketones is 3. The molecular formula is C99H103F9N12O15S. The summed E-state index contributed by atoms with van der Waals surface area (Å²) in [5.41, 5.74) is 4.95. The normalized spacial score (nSPS) is 13.7. The van der Waals surface area contributed by atoms with Gasteiger partial charge in [0.15, 0.2) is 17.3 Å². The molecule has 6 heterocycles. The molecule has 0 saturated carbocycles. The van der Waals surface area contributed by atoms with Crippen molar-refractivity contribution in [2.45, 2.75) is 168 Å². The number of likely N-dealkylation sites (N-methyl/N-ethyl adjacent to an activating group) is 1. The first-order chi connectivity index (χ1) is 64.4. The van der Waals surface area contributed by atoms with Crippen LogP contribution in [0.15, 0.2) is 155 Å². The van der Waals surface area contributed by atoms with Gasteiger partial charge in [0.1, 0.15) is 87.2 Å². The number of carbonyl (C=O) groups is 6. The van der Waals surface area contributed by atoms with Crippen molar-refractivity contribution in [2.75, 3.05) is 56.9 Å². The van der Waals surface area contributed by atoms with Crippen LogP contribution >= 0.6 is 0 Å². The molecule has 0 spiro atoms. The summed E-state index contributed by atoms with van der Waals surface area (Å²) in [7, 11) is 5.49. The van der Waals surface area contributed by atoms with Gasteiger partial charge in [0, 0.05) is 92.9 Å². The molecule has 4 atom stereocenters. The van der Waals surface area contributed by atoms with Gasteiger partial charge in [-0.05, 0) is 223 Å². The Morgan fingerprint density at radius 3 is 1.46 bits per heavy atom. The van der Waals surface area contributed by atoms with Crippen LogP contribution in [0.25, 0.3) is 39.1 Å². The third-order valence-electron chi connectivity index (χ3n) is 24.0. The number of nitrogens with one attached hydrogen (secondary N) is 6. The van der Waals surface area contributed by atoms with E-state index in [1.807, 2.05) is 58.2 Å². The number of hydrogen-bond acceptors (Lipinski definition) is 20. The number of carbonyl (C=O) groups excluding carboxylic acids is 6. The van der Waals surface area contributed by atoms with Crippen molar-refractivity contribution in [3.05, 3.63) is 274 Å². The third kappa shape index (κ3) is 22.5. The lowest BCUT2D eigenvalue weighted by molar-refractivity contribution is -0.137. The lowest BCUT2D eigenvalue weighted by Crippen LogP contribution is -2.42. The number of rotatable bonds is 30. The predicted octanol–water partition coefficient (Wildman–Crippen LogP) is 15.5. The molecule has 3 amide bonds. The van der Waals surface area contributed by atoms with E-state index in [9.17, 15) is 77.5 Å². The zero-order chi connectivity index (χ0) is 99.0. The molecule has 3 aromatic heterocycles. The van der Waals surface area contributed by atoms with Gasteiger partial charge < -0.3 is 64.3 Å². The zero-order valence-corrected chi connectivity index (χ0v) is 78.1. The number of benzene rings is 8. The van der Waals surface area contributed by atoms with Gasteiger partial charge in [0.05, 0.1) is 97.8 Å². The first-order valence-corrected chi connectivity index (χ1v) is 44.9. The number of pyridine rings is 2. The average Bonchev–Trinajstić information content (AvgIpc) is 0.955. The van der Waals surface area contributed by atoms with Crippen molar-refractivity contribution in [3.63, 3.8) is 0 Å². The van der Waals surface area contributed by atoms with Gasteiger partial charge in [-0.3, -0.25) is 43.1 Å². The Balaban J connectivity index is 0.000000185. The van der Waals surface area contributed by atoms with Crippen LogP contribution in [-0.4, -0.2) is 144 Å². The van der Waals surface area contributed by atoms with E-state index in [-0.39, 0.29) is 95.8 Å². The van der Waals surface area contributed by atoms with E-state index < -0.39 is 138 Å². The molecule has 1 unspecified atom stereocenters. The van der Waals surface area contributed by atoms with E-state index in [4.69, 9.17) is 23.7 Å². The molecule has 3 aliphatic heterocycles. The van der Waals surface area contributed by atoms with E-state index in [2.05, 4.69) is 46.3 Å². The molecule has 718 valence electrons. The third-order valence-corrected chi connectivity index (χ3v) is 25.4. The fourth-order valence-corrected chi connectivity index (χ4v) is 17.5. The number of aromatic nitrogens is 5. The van der Waals surface area contributed by atoms with E-state index in [0.717, 1.165) is 98.1 Å². The van der Waals surface area contributed by atoms with Crippen LogP contribution in [0.3, 0.4) is 0 Å². The highest BCUT2D eigenvalue weighted by molar-refractivity contribution is 7.92. The first-order valence-electron chi connectivity index (χ1n) is 43.4. The zero-order valence-electron chi connectivity index (χ0n) is 77.3. The largest absolute Gasteiger partial charge is 0.496 e. The molecule has 6 N–H and O–H groups in total. The fraction of sp³-hybridized carbons (Fsp3) is 0.333. The summed E-state index contributed by atoms with van der Waals surface area (Å²) in [5, 5.41) is 17.2. The number of ether oxygens (including phenoxy) is 5. The van der Waals surface area contributed by atoms with Crippen molar-refractivity contribution < 1.29 is 100 Å². The number of alkyl halides is 3. The van der Waals surface area contributed by atoms with Gasteiger partial charge in [-0.15, -0.1) is 0 Å². The average molecular weight is 1900 g/mol. The SMILES string of the molecule is CC(=O)[C@H](Cc1ccc(-c2c(C(F)(F)F)cc(C)n(C)c2=O)c2c1CCCO2)NC(=O)c1c(F)cc(NC(C)C)cc1F.CC[C@H](C)Nc1cc(F)c(C(=O)N[C@@H](Cc2ccc(-c3c(OC)cc(C)n(C)c3=O)c3c2COC3)C(C)=O)c(F)c1.COc1cccc(OC)c1-c1ccc(CC(NC(=O)c2c(F)cc(NS(=O)(=O)c3ccc(-n4cncn4)cc3)cc2F)C(C)=O)c2c1CN(C)CC2. The number of methoxy groups -OCH3 is 3. The molecule has 0 saturated heterocycles. The van der Waals surface area contributed by atoms with E-state index in [1.54, 1.807) is 57.9 Å². The second-order valence-electron chi connectivity index (χ2n) is 33.7. The van der Waals surface area contributed by atoms with Crippen molar-refractivity contribution in [2.24, 2.45) is 14.1 Å².